The van der Waals surface area contributed by atoms with Crippen molar-refractivity contribution in [3.05, 3.63) is 101 Å². The molecule has 1 fully saturated rings. The van der Waals surface area contributed by atoms with Crippen molar-refractivity contribution in [3.63, 3.8) is 0 Å². The monoisotopic (exact) mass is 501 g/mol. The summed E-state index contributed by atoms with van der Waals surface area (Å²) in [6.45, 7) is 1.39. The van der Waals surface area contributed by atoms with E-state index in [1.165, 1.54) is 10.4 Å². The molecule has 1 aliphatic heterocycles. The second-order valence-electron chi connectivity index (χ2n) is 8.03. The molecule has 0 bridgehead atoms. The first-order valence-corrected chi connectivity index (χ1v) is 12.7. The minimum absolute atomic E-state index is 0.0220. The summed E-state index contributed by atoms with van der Waals surface area (Å²) in [5, 5.41) is 2.98. The second kappa shape index (κ2) is 10.7. The van der Waals surface area contributed by atoms with Gasteiger partial charge in [0.2, 0.25) is 15.9 Å². The molecular formula is C25H25ClFN3O3S. The Morgan fingerprint density at radius 3 is 2.21 bits per heavy atom. The van der Waals surface area contributed by atoms with Crippen molar-refractivity contribution < 1.29 is 17.6 Å². The number of nitrogens with one attached hydrogen (secondary N) is 1. The van der Waals surface area contributed by atoms with Crippen LogP contribution in [0.4, 0.5) is 4.39 Å². The Bertz CT molecular complexity index is 1230. The summed E-state index contributed by atoms with van der Waals surface area (Å²) in [4.78, 5) is 15.0. The van der Waals surface area contributed by atoms with Crippen molar-refractivity contribution in [2.75, 3.05) is 26.2 Å². The van der Waals surface area contributed by atoms with Crippen molar-refractivity contribution in [1.29, 1.82) is 0 Å². The van der Waals surface area contributed by atoms with E-state index in [-0.39, 0.29) is 28.9 Å². The molecule has 9 heteroatoms. The van der Waals surface area contributed by atoms with Crippen molar-refractivity contribution in [1.82, 2.24) is 14.5 Å². The SMILES string of the molecule is O=C(NCc1ccccc1)C(c1ccccc1)N1CCN(S(=O)(=O)c2cc(F)ccc2Cl)CC1. The van der Waals surface area contributed by atoms with Crippen LogP contribution < -0.4 is 5.32 Å². The Morgan fingerprint density at radius 1 is 0.941 bits per heavy atom. The molecule has 0 saturated carbocycles. The van der Waals surface area contributed by atoms with Crippen LogP contribution in [0.1, 0.15) is 17.2 Å². The summed E-state index contributed by atoms with van der Waals surface area (Å²) in [6, 6.07) is 21.8. The van der Waals surface area contributed by atoms with Crippen LogP contribution in [0.15, 0.2) is 83.8 Å². The Balaban J connectivity index is 1.49. The zero-order chi connectivity index (χ0) is 24.1. The summed E-state index contributed by atoms with van der Waals surface area (Å²) in [5.41, 5.74) is 1.82. The van der Waals surface area contributed by atoms with E-state index in [1.807, 2.05) is 65.6 Å². The highest BCUT2D eigenvalue weighted by atomic mass is 35.5. The maximum absolute atomic E-state index is 13.7. The number of carbonyl (C=O) groups is 1. The molecule has 0 radical (unpaired) electrons. The van der Waals surface area contributed by atoms with Gasteiger partial charge in [0, 0.05) is 32.7 Å². The highest BCUT2D eigenvalue weighted by Gasteiger charge is 2.35. The zero-order valence-corrected chi connectivity index (χ0v) is 20.0. The molecule has 0 spiro atoms. The molecule has 3 aromatic rings. The molecule has 6 nitrogen and oxygen atoms in total. The Labute approximate surface area is 204 Å². The molecule has 178 valence electrons. The molecule has 1 N–H and O–H groups in total. The van der Waals surface area contributed by atoms with Gasteiger partial charge in [0.05, 0.1) is 5.02 Å². The number of rotatable bonds is 7. The Hall–Kier alpha value is -2.78. The first kappa shape index (κ1) is 24.3. The van der Waals surface area contributed by atoms with Crippen LogP contribution in [0, 0.1) is 5.82 Å². The minimum atomic E-state index is -3.96. The third kappa shape index (κ3) is 5.47. The number of halogens is 2. The predicted molar refractivity (Wildman–Crippen MR) is 129 cm³/mol. The Kier molecular flexibility index (Phi) is 7.63. The number of sulfonamides is 1. The zero-order valence-electron chi connectivity index (χ0n) is 18.4. The molecule has 1 heterocycles. The van der Waals surface area contributed by atoms with Gasteiger partial charge in [-0.25, -0.2) is 12.8 Å². The second-order valence-corrected chi connectivity index (χ2v) is 10.3. The maximum Gasteiger partial charge on any atom is 0.244 e. The third-order valence-corrected chi connectivity index (χ3v) is 8.20. The topological polar surface area (TPSA) is 69.7 Å². The lowest BCUT2D eigenvalue weighted by atomic mass is 10.0. The molecule has 0 aromatic heterocycles. The summed E-state index contributed by atoms with van der Waals surface area (Å²) in [6.07, 6.45) is 0. The fourth-order valence-electron chi connectivity index (χ4n) is 4.06. The van der Waals surface area contributed by atoms with Crippen molar-refractivity contribution >= 4 is 27.5 Å². The number of hydrogen-bond acceptors (Lipinski definition) is 4. The number of amides is 1. The average molecular weight is 502 g/mol. The van der Waals surface area contributed by atoms with E-state index >= 15 is 0 Å². The van der Waals surface area contributed by atoms with E-state index in [0.29, 0.717) is 19.6 Å². The molecule has 1 aliphatic rings. The standard InChI is InChI=1S/C25H25ClFN3O3S/c26-22-12-11-21(27)17-23(22)34(32,33)30-15-13-29(14-16-30)24(20-9-5-2-6-10-20)25(31)28-18-19-7-3-1-4-8-19/h1-12,17,24H,13-16,18H2,(H,28,31). The molecule has 1 unspecified atom stereocenters. The Morgan fingerprint density at radius 2 is 1.56 bits per heavy atom. The van der Waals surface area contributed by atoms with Gasteiger partial charge in [-0.3, -0.25) is 9.69 Å². The van der Waals surface area contributed by atoms with Gasteiger partial charge >= 0.3 is 0 Å². The first-order valence-electron chi connectivity index (χ1n) is 10.9. The van der Waals surface area contributed by atoms with E-state index in [0.717, 1.165) is 23.3 Å². The molecule has 34 heavy (non-hydrogen) atoms. The number of nitrogens with zero attached hydrogens (tertiary/aromatic N) is 2. The average Bonchev–Trinajstić information content (AvgIpc) is 2.86. The van der Waals surface area contributed by atoms with Crippen LogP contribution in [0.3, 0.4) is 0 Å². The molecule has 3 aromatic carbocycles. The van der Waals surface area contributed by atoms with Gasteiger partial charge in [-0.05, 0) is 29.3 Å². The summed E-state index contributed by atoms with van der Waals surface area (Å²) >= 11 is 6.05. The highest BCUT2D eigenvalue weighted by Crippen LogP contribution is 2.28. The summed E-state index contributed by atoms with van der Waals surface area (Å²) in [7, 11) is -3.96. The van der Waals surface area contributed by atoms with Crippen LogP contribution in [0.5, 0.6) is 0 Å². The van der Waals surface area contributed by atoms with Crippen LogP contribution in [0.2, 0.25) is 5.02 Å². The van der Waals surface area contributed by atoms with E-state index in [9.17, 15) is 17.6 Å². The molecule has 0 aliphatic carbocycles. The van der Waals surface area contributed by atoms with E-state index in [2.05, 4.69) is 5.32 Å². The van der Waals surface area contributed by atoms with Gasteiger partial charge in [0.1, 0.15) is 16.8 Å². The fourth-order valence-corrected chi connectivity index (χ4v) is 5.97. The van der Waals surface area contributed by atoms with E-state index in [4.69, 9.17) is 11.6 Å². The smallest absolute Gasteiger partial charge is 0.244 e. The number of piperazine rings is 1. The van der Waals surface area contributed by atoms with E-state index < -0.39 is 21.9 Å². The highest BCUT2D eigenvalue weighted by molar-refractivity contribution is 7.89. The van der Waals surface area contributed by atoms with Gasteiger partial charge < -0.3 is 5.32 Å². The normalized spacial score (nSPS) is 16.2. The first-order chi connectivity index (χ1) is 16.4. The van der Waals surface area contributed by atoms with Crippen LogP contribution in [-0.2, 0) is 21.4 Å². The lowest BCUT2D eigenvalue weighted by molar-refractivity contribution is -0.127. The maximum atomic E-state index is 13.7. The quantitative estimate of drug-likeness (QED) is 0.534. The molecular weight excluding hydrogens is 477 g/mol. The van der Waals surface area contributed by atoms with Gasteiger partial charge in [-0.1, -0.05) is 72.3 Å². The van der Waals surface area contributed by atoms with Crippen molar-refractivity contribution in [2.45, 2.75) is 17.5 Å². The van der Waals surface area contributed by atoms with Crippen molar-refractivity contribution in [3.8, 4) is 0 Å². The number of benzene rings is 3. The van der Waals surface area contributed by atoms with Crippen LogP contribution in [0.25, 0.3) is 0 Å². The summed E-state index contributed by atoms with van der Waals surface area (Å²) < 4.78 is 41.1. The largest absolute Gasteiger partial charge is 0.350 e. The molecule has 4 rings (SSSR count). The molecule has 1 saturated heterocycles. The lowest BCUT2D eigenvalue weighted by Crippen LogP contribution is -2.52. The molecule has 1 atom stereocenters. The number of carbonyl (C=O) groups excluding carboxylic acids is 1. The van der Waals surface area contributed by atoms with Gasteiger partial charge in [-0.2, -0.15) is 4.31 Å². The molecule has 1 amide bonds. The predicted octanol–water partition coefficient (Wildman–Crippen LogP) is 3.84. The van der Waals surface area contributed by atoms with Crippen molar-refractivity contribution in [2.24, 2.45) is 0 Å². The minimum Gasteiger partial charge on any atom is -0.350 e. The van der Waals surface area contributed by atoms with Gasteiger partial charge in [0.25, 0.3) is 0 Å². The van der Waals surface area contributed by atoms with Crippen LogP contribution >= 0.6 is 11.6 Å². The number of hydrogen-bond donors (Lipinski definition) is 1. The van der Waals surface area contributed by atoms with Crippen LogP contribution in [-0.4, -0.2) is 49.7 Å². The fraction of sp³-hybridized carbons (Fsp3) is 0.240. The van der Waals surface area contributed by atoms with Gasteiger partial charge in [0.15, 0.2) is 0 Å². The summed E-state index contributed by atoms with van der Waals surface area (Å²) in [5.74, 6) is -0.819. The van der Waals surface area contributed by atoms with Gasteiger partial charge in [-0.15, -0.1) is 0 Å². The third-order valence-electron chi connectivity index (χ3n) is 5.82. The lowest BCUT2D eigenvalue weighted by Gasteiger charge is -2.38. The van der Waals surface area contributed by atoms with E-state index in [1.54, 1.807) is 0 Å².